The number of benzene rings is 1. The van der Waals surface area contributed by atoms with Gasteiger partial charge in [-0.25, -0.2) is 4.98 Å². The van der Waals surface area contributed by atoms with Crippen molar-refractivity contribution in [3.8, 4) is 11.3 Å². The van der Waals surface area contributed by atoms with E-state index < -0.39 is 5.97 Å². The number of carbonyl (C=O) groups is 1. The lowest BCUT2D eigenvalue weighted by atomic mass is 10.1. The fourth-order valence-corrected chi connectivity index (χ4v) is 3.69. The minimum absolute atomic E-state index is 0. The number of nitrogens with one attached hydrogen (secondary N) is 2. The number of hydrogen-bond donors (Lipinski definition) is 4. The smallest absolute Gasteiger partial charge is 0.317 e. The third kappa shape index (κ3) is 5.17. The Morgan fingerprint density at radius 1 is 1.35 bits per heavy atom. The molecule has 0 amide bonds. The summed E-state index contributed by atoms with van der Waals surface area (Å²) >= 11 is 1.56. The number of aromatic nitrogens is 1. The molecule has 7 nitrogen and oxygen atoms in total. The highest BCUT2D eigenvalue weighted by Gasteiger charge is 2.21. The first kappa shape index (κ1) is 20.2. The molecule has 0 spiro atoms. The standard InChI is InChI=1S/C17H21N5O2S.ClH/c18-16(19)12-3-1-11(2-4-12)14-10-25-17(21-14)20-13-5-7-22(8-6-13)9-15(23)24;/h1-4,10,13H,5-9H2,(H3,18,19)(H,20,21)(H,23,24);1H. The maximum atomic E-state index is 10.8. The summed E-state index contributed by atoms with van der Waals surface area (Å²) in [6, 6.07) is 7.80. The lowest BCUT2D eigenvalue weighted by Crippen LogP contribution is -2.41. The zero-order valence-corrected chi connectivity index (χ0v) is 15.8. The van der Waals surface area contributed by atoms with Gasteiger partial charge in [0, 0.05) is 35.6 Å². The number of likely N-dealkylation sites (tertiary alicyclic amines) is 1. The van der Waals surface area contributed by atoms with Gasteiger partial charge in [0.2, 0.25) is 0 Å². The van der Waals surface area contributed by atoms with Crippen LogP contribution in [0.5, 0.6) is 0 Å². The van der Waals surface area contributed by atoms with Gasteiger partial charge in [-0.3, -0.25) is 15.1 Å². The number of rotatable bonds is 6. The fraction of sp³-hybridized carbons (Fsp3) is 0.353. The van der Waals surface area contributed by atoms with Crippen molar-refractivity contribution >= 4 is 40.7 Å². The van der Waals surface area contributed by atoms with E-state index in [0.717, 1.165) is 42.3 Å². The van der Waals surface area contributed by atoms with E-state index in [0.29, 0.717) is 11.6 Å². The molecule has 1 aliphatic rings. The molecule has 1 saturated heterocycles. The lowest BCUT2D eigenvalue weighted by Gasteiger charge is -2.31. The average molecular weight is 396 g/mol. The van der Waals surface area contributed by atoms with Crippen LogP contribution in [-0.2, 0) is 4.79 Å². The van der Waals surface area contributed by atoms with Gasteiger partial charge in [0.1, 0.15) is 5.84 Å². The Morgan fingerprint density at radius 3 is 2.58 bits per heavy atom. The predicted molar refractivity (Wildman–Crippen MR) is 107 cm³/mol. The second-order valence-corrected chi connectivity index (χ2v) is 6.98. The van der Waals surface area contributed by atoms with Gasteiger partial charge in [0.25, 0.3) is 0 Å². The summed E-state index contributed by atoms with van der Waals surface area (Å²) in [4.78, 5) is 17.3. The second kappa shape index (κ2) is 8.98. The number of nitrogens with zero attached hydrogens (tertiary/aromatic N) is 2. The molecule has 0 unspecified atom stereocenters. The highest BCUT2D eigenvalue weighted by Crippen LogP contribution is 2.26. The van der Waals surface area contributed by atoms with E-state index >= 15 is 0 Å². The molecule has 1 fully saturated rings. The summed E-state index contributed by atoms with van der Waals surface area (Å²) in [5, 5.41) is 22.6. The van der Waals surface area contributed by atoms with E-state index in [9.17, 15) is 4.79 Å². The third-order valence-electron chi connectivity index (χ3n) is 4.27. The molecule has 26 heavy (non-hydrogen) atoms. The van der Waals surface area contributed by atoms with Gasteiger partial charge in [0.05, 0.1) is 12.2 Å². The third-order valence-corrected chi connectivity index (χ3v) is 5.04. The van der Waals surface area contributed by atoms with Crippen molar-refractivity contribution in [2.24, 2.45) is 5.73 Å². The number of amidine groups is 1. The summed E-state index contributed by atoms with van der Waals surface area (Å²) in [7, 11) is 0. The van der Waals surface area contributed by atoms with Crippen LogP contribution in [0, 0.1) is 5.41 Å². The molecule has 2 aromatic rings. The zero-order valence-electron chi connectivity index (χ0n) is 14.1. The normalized spacial score (nSPS) is 15.2. The maximum Gasteiger partial charge on any atom is 0.317 e. The van der Waals surface area contributed by atoms with Gasteiger partial charge < -0.3 is 16.2 Å². The number of piperidine rings is 1. The highest BCUT2D eigenvalue weighted by atomic mass is 35.5. The Balaban J connectivity index is 0.00000243. The molecule has 1 aromatic carbocycles. The fourth-order valence-electron chi connectivity index (χ4n) is 2.89. The van der Waals surface area contributed by atoms with Crippen molar-refractivity contribution in [1.82, 2.24) is 9.88 Å². The van der Waals surface area contributed by atoms with Gasteiger partial charge >= 0.3 is 5.97 Å². The van der Waals surface area contributed by atoms with Crippen molar-refractivity contribution in [3.05, 3.63) is 35.2 Å². The maximum absolute atomic E-state index is 10.8. The topological polar surface area (TPSA) is 115 Å². The summed E-state index contributed by atoms with van der Waals surface area (Å²) in [5.74, 6) is -0.715. The van der Waals surface area contributed by atoms with Gasteiger partial charge in [-0.05, 0) is 12.8 Å². The van der Waals surface area contributed by atoms with Crippen molar-refractivity contribution in [1.29, 1.82) is 5.41 Å². The number of hydrogen-bond acceptors (Lipinski definition) is 6. The van der Waals surface area contributed by atoms with E-state index in [1.807, 2.05) is 34.5 Å². The first-order valence-corrected chi connectivity index (χ1v) is 9.00. The minimum Gasteiger partial charge on any atom is -0.480 e. The van der Waals surface area contributed by atoms with Crippen molar-refractivity contribution in [3.63, 3.8) is 0 Å². The number of carboxylic acid groups (broad SMARTS) is 1. The van der Waals surface area contributed by atoms with Crippen LogP contribution in [0.2, 0.25) is 0 Å². The number of carboxylic acids is 1. The Bertz CT molecular complexity index is 757. The van der Waals surface area contributed by atoms with Gasteiger partial charge in [0.15, 0.2) is 5.13 Å². The van der Waals surface area contributed by atoms with Gasteiger partial charge in [-0.15, -0.1) is 23.7 Å². The van der Waals surface area contributed by atoms with E-state index in [1.165, 1.54) is 0 Å². The number of halogens is 1. The summed E-state index contributed by atoms with van der Waals surface area (Å²) in [5.41, 5.74) is 8.06. The molecule has 140 valence electrons. The number of nitrogen functional groups attached to an aromatic ring is 1. The van der Waals surface area contributed by atoms with Crippen LogP contribution in [0.3, 0.4) is 0 Å². The molecule has 1 aromatic heterocycles. The SMILES string of the molecule is Cl.N=C(N)c1ccc(-c2csc(NC3CCN(CC(=O)O)CC3)n2)cc1. The molecule has 0 atom stereocenters. The van der Waals surface area contributed by atoms with Crippen LogP contribution in [0.1, 0.15) is 18.4 Å². The zero-order chi connectivity index (χ0) is 17.8. The molecule has 2 heterocycles. The number of nitrogens with two attached hydrogens (primary N) is 1. The van der Waals surface area contributed by atoms with Crippen molar-refractivity contribution < 1.29 is 9.90 Å². The van der Waals surface area contributed by atoms with Crippen LogP contribution in [0.15, 0.2) is 29.6 Å². The van der Waals surface area contributed by atoms with Crippen molar-refractivity contribution in [2.45, 2.75) is 18.9 Å². The first-order valence-electron chi connectivity index (χ1n) is 8.12. The Labute approximate surface area is 162 Å². The molecule has 3 rings (SSSR count). The quantitative estimate of drug-likeness (QED) is 0.441. The minimum atomic E-state index is -0.772. The molecule has 0 aliphatic carbocycles. The Kier molecular flexibility index (Phi) is 6.96. The molecule has 5 N–H and O–H groups in total. The van der Waals surface area contributed by atoms with Gasteiger partial charge in [-0.1, -0.05) is 24.3 Å². The molecule has 0 saturated carbocycles. The van der Waals surface area contributed by atoms with Crippen LogP contribution in [0.25, 0.3) is 11.3 Å². The van der Waals surface area contributed by atoms with E-state index in [-0.39, 0.29) is 24.8 Å². The largest absolute Gasteiger partial charge is 0.480 e. The first-order chi connectivity index (χ1) is 12.0. The van der Waals surface area contributed by atoms with E-state index in [4.69, 9.17) is 16.2 Å². The van der Waals surface area contributed by atoms with E-state index in [1.54, 1.807) is 11.3 Å². The summed E-state index contributed by atoms with van der Waals surface area (Å²) in [6.07, 6.45) is 1.82. The Hall–Kier alpha value is -2.16. The average Bonchev–Trinajstić information content (AvgIpc) is 3.05. The number of anilines is 1. The van der Waals surface area contributed by atoms with Crippen LogP contribution in [0.4, 0.5) is 5.13 Å². The number of thiazole rings is 1. The number of aliphatic carboxylic acids is 1. The van der Waals surface area contributed by atoms with Crippen LogP contribution in [-0.4, -0.2) is 52.5 Å². The highest BCUT2D eigenvalue weighted by molar-refractivity contribution is 7.14. The molecular formula is C17H22ClN5O2S. The Morgan fingerprint density at radius 2 is 2.00 bits per heavy atom. The van der Waals surface area contributed by atoms with Crippen LogP contribution >= 0.6 is 23.7 Å². The summed E-state index contributed by atoms with van der Waals surface area (Å²) < 4.78 is 0. The van der Waals surface area contributed by atoms with E-state index in [2.05, 4.69) is 10.3 Å². The lowest BCUT2D eigenvalue weighted by molar-refractivity contribution is -0.138. The molecule has 9 heteroatoms. The summed E-state index contributed by atoms with van der Waals surface area (Å²) in [6.45, 7) is 1.69. The molecule has 1 aliphatic heterocycles. The predicted octanol–water partition coefficient (Wildman–Crippen LogP) is 2.48. The second-order valence-electron chi connectivity index (χ2n) is 6.12. The molecule has 0 bridgehead atoms. The molecular weight excluding hydrogens is 374 g/mol. The monoisotopic (exact) mass is 395 g/mol. The van der Waals surface area contributed by atoms with Crippen LogP contribution < -0.4 is 11.1 Å². The molecule has 0 radical (unpaired) electrons. The van der Waals surface area contributed by atoms with Crippen molar-refractivity contribution in [2.75, 3.05) is 25.0 Å². The van der Waals surface area contributed by atoms with Gasteiger partial charge in [-0.2, -0.15) is 0 Å².